The summed E-state index contributed by atoms with van der Waals surface area (Å²) in [5.41, 5.74) is 3.79. The third-order valence-corrected chi connectivity index (χ3v) is 7.21. The van der Waals surface area contributed by atoms with Crippen molar-refractivity contribution in [2.75, 3.05) is 0 Å². The lowest BCUT2D eigenvalue weighted by Crippen LogP contribution is -2.52. The minimum absolute atomic E-state index is 0.114. The monoisotopic (exact) mass is 483 g/mol. The maximum absolute atomic E-state index is 13.4. The number of hydrogen-bond donors (Lipinski definition) is 2. The normalized spacial score (nSPS) is 21.8. The number of nitriles is 1. The van der Waals surface area contributed by atoms with Crippen molar-refractivity contribution in [3.8, 4) is 17.2 Å². The molecule has 2 fully saturated rings. The van der Waals surface area contributed by atoms with E-state index in [1.807, 2.05) is 45.2 Å². The molecule has 5 rings (SSSR count). The van der Waals surface area contributed by atoms with Crippen LogP contribution in [-0.4, -0.2) is 44.7 Å². The minimum atomic E-state index is -0.609. The Kier molecular flexibility index (Phi) is 6.21. The largest absolute Gasteiger partial charge is 0.474 e. The second kappa shape index (κ2) is 9.34. The standard InChI is InChI=1S/C29H33N5O2/c1-18(36-29(2,3)4)34-25-12-11-22(14-25)27(34)28(35)32-24(16-30)13-19-5-7-20(8-6-19)21-9-10-23-17-31-33-26(23)15-21/h5-10,15,17,22,24-25,27H,1,11-14H2,2-4H3,(H,31,33)(H,32,35)/t22-,24-,25+,27-/m0/s1. The van der Waals surface area contributed by atoms with Gasteiger partial charge in [0.25, 0.3) is 0 Å². The number of carbonyl (C=O) groups is 1. The molecule has 36 heavy (non-hydrogen) atoms. The number of likely N-dealkylation sites (tertiary alicyclic amines) is 1. The lowest BCUT2D eigenvalue weighted by atomic mass is 9.97. The Hall–Kier alpha value is -3.79. The number of fused-ring (bicyclic) bond motifs is 3. The maximum Gasteiger partial charge on any atom is 0.244 e. The van der Waals surface area contributed by atoms with Crippen LogP contribution in [0.4, 0.5) is 0 Å². The van der Waals surface area contributed by atoms with Crippen LogP contribution in [-0.2, 0) is 16.0 Å². The lowest BCUT2D eigenvalue weighted by Gasteiger charge is -2.39. The molecular weight excluding hydrogens is 450 g/mol. The Morgan fingerprint density at radius 3 is 2.72 bits per heavy atom. The van der Waals surface area contributed by atoms with Gasteiger partial charge in [0, 0.05) is 17.8 Å². The molecule has 0 unspecified atom stereocenters. The third kappa shape index (κ3) is 4.81. The first-order valence-corrected chi connectivity index (χ1v) is 12.6. The summed E-state index contributed by atoms with van der Waals surface area (Å²) in [5.74, 6) is 0.699. The van der Waals surface area contributed by atoms with Gasteiger partial charge < -0.3 is 15.0 Å². The molecule has 4 atom stereocenters. The van der Waals surface area contributed by atoms with E-state index in [9.17, 15) is 10.1 Å². The predicted octanol–water partition coefficient (Wildman–Crippen LogP) is 4.92. The number of hydrogen-bond acceptors (Lipinski definition) is 5. The Labute approximate surface area is 212 Å². The molecule has 2 N–H and O–H groups in total. The number of H-pyrrole nitrogens is 1. The van der Waals surface area contributed by atoms with Crippen molar-refractivity contribution < 1.29 is 9.53 Å². The van der Waals surface area contributed by atoms with Crippen LogP contribution in [0.2, 0.25) is 0 Å². The molecule has 2 aromatic carbocycles. The van der Waals surface area contributed by atoms with Crippen LogP contribution in [0.15, 0.2) is 61.1 Å². The molecule has 1 aromatic heterocycles. The van der Waals surface area contributed by atoms with Crippen molar-refractivity contribution in [1.82, 2.24) is 20.4 Å². The van der Waals surface area contributed by atoms with E-state index in [2.05, 4.69) is 57.3 Å². The molecule has 0 radical (unpaired) electrons. The second-order valence-corrected chi connectivity index (χ2v) is 11.0. The number of ether oxygens (including phenoxy) is 1. The van der Waals surface area contributed by atoms with E-state index in [1.54, 1.807) is 0 Å². The smallest absolute Gasteiger partial charge is 0.244 e. The summed E-state index contributed by atoms with van der Waals surface area (Å²) in [5, 5.41) is 21.0. The molecule has 0 spiro atoms. The average Bonchev–Trinajstić information content (AvgIpc) is 3.58. The quantitative estimate of drug-likeness (QED) is 0.465. The van der Waals surface area contributed by atoms with Gasteiger partial charge in [-0.15, -0.1) is 0 Å². The van der Waals surface area contributed by atoms with Gasteiger partial charge in [-0.25, -0.2) is 0 Å². The summed E-state index contributed by atoms with van der Waals surface area (Å²) in [4.78, 5) is 15.4. The maximum atomic E-state index is 13.4. The molecule has 7 nitrogen and oxygen atoms in total. The van der Waals surface area contributed by atoms with Crippen LogP contribution in [0.3, 0.4) is 0 Å². The highest BCUT2D eigenvalue weighted by molar-refractivity contribution is 5.84. The molecule has 1 aliphatic heterocycles. The van der Waals surface area contributed by atoms with Crippen molar-refractivity contribution in [2.45, 2.75) is 70.2 Å². The first kappa shape index (κ1) is 23.9. The number of piperidine rings is 1. The van der Waals surface area contributed by atoms with Crippen molar-refractivity contribution >= 4 is 16.8 Å². The molecule has 3 aromatic rings. The summed E-state index contributed by atoms with van der Waals surface area (Å²) in [6.07, 6.45) is 5.28. The van der Waals surface area contributed by atoms with Gasteiger partial charge in [-0.05, 0) is 75.3 Å². The fourth-order valence-corrected chi connectivity index (χ4v) is 5.66. The molecule has 2 aliphatic rings. The van der Waals surface area contributed by atoms with Crippen LogP contribution in [0.1, 0.15) is 45.6 Å². The first-order valence-electron chi connectivity index (χ1n) is 12.6. The highest BCUT2D eigenvalue weighted by atomic mass is 16.5. The summed E-state index contributed by atoms with van der Waals surface area (Å²) >= 11 is 0. The number of carbonyl (C=O) groups excluding carboxylic acids is 1. The fraction of sp³-hybridized carbons (Fsp3) is 0.414. The summed E-state index contributed by atoms with van der Waals surface area (Å²) in [6, 6.07) is 15.9. The molecule has 2 heterocycles. The summed E-state index contributed by atoms with van der Waals surface area (Å²) in [7, 11) is 0. The SMILES string of the molecule is C=C(OC(C)(C)C)N1[C@@H]2CC[C@@H](C2)[C@H]1C(=O)N[C@H](C#N)Cc1ccc(-c2ccc3cn[nH]c3c2)cc1. The Morgan fingerprint density at radius 1 is 1.25 bits per heavy atom. The number of nitrogens with zero attached hydrogens (tertiary/aromatic N) is 3. The summed E-state index contributed by atoms with van der Waals surface area (Å²) < 4.78 is 6.03. The molecule has 7 heteroatoms. The zero-order chi connectivity index (χ0) is 25.4. The van der Waals surface area contributed by atoms with Gasteiger partial charge in [-0.1, -0.05) is 36.4 Å². The fourth-order valence-electron chi connectivity index (χ4n) is 5.66. The van der Waals surface area contributed by atoms with E-state index in [0.29, 0.717) is 12.3 Å². The van der Waals surface area contributed by atoms with E-state index < -0.39 is 6.04 Å². The van der Waals surface area contributed by atoms with Crippen LogP contribution in [0, 0.1) is 17.2 Å². The topological polar surface area (TPSA) is 94.0 Å². The predicted molar refractivity (Wildman–Crippen MR) is 140 cm³/mol. The van der Waals surface area contributed by atoms with E-state index in [0.717, 1.165) is 46.9 Å². The van der Waals surface area contributed by atoms with Gasteiger partial charge in [0.05, 0.1) is 17.8 Å². The molecule has 1 saturated carbocycles. The molecule has 186 valence electrons. The summed E-state index contributed by atoms with van der Waals surface area (Å²) in [6.45, 7) is 10.1. The molecule has 2 bridgehead atoms. The van der Waals surface area contributed by atoms with Crippen molar-refractivity contribution in [1.29, 1.82) is 5.26 Å². The zero-order valence-electron chi connectivity index (χ0n) is 21.1. The number of aromatic nitrogens is 2. The molecule has 1 amide bonds. The number of nitrogens with one attached hydrogen (secondary N) is 2. The van der Waals surface area contributed by atoms with Gasteiger partial charge in [-0.3, -0.25) is 9.89 Å². The Balaban J connectivity index is 1.25. The molecule has 1 aliphatic carbocycles. The van der Waals surface area contributed by atoms with Gasteiger partial charge in [0.15, 0.2) is 5.88 Å². The minimum Gasteiger partial charge on any atom is -0.474 e. The average molecular weight is 484 g/mol. The van der Waals surface area contributed by atoms with Gasteiger partial charge >= 0.3 is 0 Å². The van der Waals surface area contributed by atoms with E-state index >= 15 is 0 Å². The molecular formula is C29H33N5O2. The second-order valence-electron chi connectivity index (χ2n) is 11.0. The first-order chi connectivity index (χ1) is 17.2. The van der Waals surface area contributed by atoms with E-state index in [4.69, 9.17) is 4.74 Å². The number of aromatic amines is 1. The number of rotatable bonds is 7. The third-order valence-electron chi connectivity index (χ3n) is 7.21. The Morgan fingerprint density at radius 2 is 2.00 bits per heavy atom. The molecule has 1 saturated heterocycles. The van der Waals surface area contributed by atoms with Gasteiger partial charge in [0.1, 0.15) is 17.7 Å². The van der Waals surface area contributed by atoms with Crippen LogP contribution in [0.5, 0.6) is 0 Å². The zero-order valence-corrected chi connectivity index (χ0v) is 21.1. The van der Waals surface area contributed by atoms with Gasteiger partial charge in [-0.2, -0.15) is 10.4 Å². The highest BCUT2D eigenvalue weighted by Crippen LogP contribution is 2.45. The van der Waals surface area contributed by atoms with Crippen molar-refractivity contribution in [3.05, 3.63) is 66.7 Å². The highest BCUT2D eigenvalue weighted by Gasteiger charge is 2.50. The van der Waals surface area contributed by atoms with Gasteiger partial charge in [0.2, 0.25) is 5.91 Å². The van der Waals surface area contributed by atoms with Crippen molar-refractivity contribution in [2.24, 2.45) is 5.92 Å². The number of benzene rings is 2. The Bertz CT molecular complexity index is 1310. The lowest BCUT2D eigenvalue weighted by molar-refractivity contribution is -0.130. The van der Waals surface area contributed by atoms with E-state index in [1.165, 1.54) is 0 Å². The van der Waals surface area contributed by atoms with Crippen molar-refractivity contribution in [3.63, 3.8) is 0 Å². The van der Waals surface area contributed by atoms with Crippen LogP contribution < -0.4 is 5.32 Å². The van der Waals surface area contributed by atoms with E-state index in [-0.39, 0.29) is 29.5 Å². The number of amides is 1. The van der Waals surface area contributed by atoms with Crippen LogP contribution >= 0.6 is 0 Å². The van der Waals surface area contributed by atoms with Crippen LogP contribution in [0.25, 0.3) is 22.0 Å².